The Balaban J connectivity index is 1.64. The topological polar surface area (TPSA) is 75.0 Å². The van der Waals surface area contributed by atoms with E-state index in [1.165, 1.54) is 24.3 Å². The van der Waals surface area contributed by atoms with Gasteiger partial charge in [0.05, 0.1) is 13.2 Å². The van der Waals surface area contributed by atoms with Crippen molar-refractivity contribution in [2.45, 2.75) is 45.4 Å². The number of amides is 1. The van der Waals surface area contributed by atoms with Gasteiger partial charge in [0, 0.05) is 57.4 Å². The van der Waals surface area contributed by atoms with Crippen LogP contribution in [0.25, 0.3) is 0 Å². The molecule has 0 spiro atoms. The predicted octanol–water partition coefficient (Wildman–Crippen LogP) is 1.82. The van der Waals surface area contributed by atoms with Gasteiger partial charge >= 0.3 is 0 Å². The predicted molar refractivity (Wildman–Crippen MR) is 119 cm³/mol. The summed E-state index contributed by atoms with van der Waals surface area (Å²) < 4.78 is 7.20. The smallest absolute Gasteiger partial charge is 0.259 e. The summed E-state index contributed by atoms with van der Waals surface area (Å²) in [6.07, 6.45) is 1.57. The van der Waals surface area contributed by atoms with E-state index in [-0.39, 0.29) is 11.5 Å². The number of likely N-dealkylation sites (tertiary alicyclic amines) is 1. The zero-order chi connectivity index (χ0) is 22.0. The van der Waals surface area contributed by atoms with E-state index in [0.29, 0.717) is 43.8 Å². The van der Waals surface area contributed by atoms with E-state index in [9.17, 15) is 14.7 Å². The highest BCUT2D eigenvalue weighted by Crippen LogP contribution is 2.26. The van der Waals surface area contributed by atoms with Gasteiger partial charge in [0.15, 0.2) is 0 Å². The summed E-state index contributed by atoms with van der Waals surface area (Å²) in [6.45, 7) is 5.88. The zero-order valence-electron chi connectivity index (χ0n) is 18.3. The lowest BCUT2D eigenvalue weighted by Crippen LogP contribution is -2.43. The second-order valence-electron chi connectivity index (χ2n) is 8.52. The molecule has 0 bridgehead atoms. The number of β-amino-alcohol motifs (C(OH)–C–C–N with tert-alkyl or cyclic N) is 1. The van der Waals surface area contributed by atoms with Crippen LogP contribution in [0.15, 0.2) is 35.1 Å². The molecule has 3 heterocycles. The molecule has 166 valence electrons. The first-order valence-corrected chi connectivity index (χ1v) is 11.0. The van der Waals surface area contributed by atoms with Crippen LogP contribution in [0.1, 0.15) is 40.0 Å². The molecule has 2 aliphatic heterocycles. The number of pyridine rings is 1. The van der Waals surface area contributed by atoms with Crippen LogP contribution in [0.4, 0.5) is 0 Å². The third kappa shape index (κ3) is 4.52. The van der Waals surface area contributed by atoms with Crippen molar-refractivity contribution in [3.8, 4) is 5.75 Å². The Labute approximate surface area is 182 Å². The SMILES string of the molecule is COc1cc(=O)n2c(c1C(=O)N1CCC[C@@H](O)C1)CCN(Cc1ccccc1C)CC2. The summed E-state index contributed by atoms with van der Waals surface area (Å²) in [6, 6.07) is 9.76. The Morgan fingerprint density at radius 1 is 1.19 bits per heavy atom. The number of nitrogens with zero attached hydrogens (tertiary/aromatic N) is 3. The Bertz CT molecular complexity index is 1020. The average Bonchev–Trinajstić information content (AvgIpc) is 2.98. The zero-order valence-corrected chi connectivity index (χ0v) is 18.3. The summed E-state index contributed by atoms with van der Waals surface area (Å²) in [4.78, 5) is 30.3. The first-order valence-electron chi connectivity index (χ1n) is 11.0. The van der Waals surface area contributed by atoms with Crippen molar-refractivity contribution in [2.24, 2.45) is 0 Å². The lowest BCUT2D eigenvalue weighted by Gasteiger charge is -2.31. The van der Waals surface area contributed by atoms with E-state index in [4.69, 9.17) is 4.74 Å². The van der Waals surface area contributed by atoms with Crippen LogP contribution in [0.2, 0.25) is 0 Å². The van der Waals surface area contributed by atoms with E-state index in [1.54, 1.807) is 9.47 Å². The van der Waals surface area contributed by atoms with Crippen LogP contribution < -0.4 is 10.3 Å². The van der Waals surface area contributed by atoms with E-state index < -0.39 is 6.10 Å². The Morgan fingerprint density at radius 3 is 2.74 bits per heavy atom. The van der Waals surface area contributed by atoms with Gasteiger partial charge in [-0.05, 0) is 30.9 Å². The van der Waals surface area contributed by atoms with Gasteiger partial charge < -0.3 is 19.3 Å². The second-order valence-corrected chi connectivity index (χ2v) is 8.52. The van der Waals surface area contributed by atoms with Gasteiger partial charge in [-0.25, -0.2) is 0 Å². The lowest BCUT2D eigenvalue weighted by atomic mass is 10.0. The monoisotopic (exact) mass is 425 g/mol. The summed E-state index contributed by atoms with van der Waals surface area (Å²) in [5.41, 5.74) is 3.59. The minimum atomic E-state index is -0.502. The standard InChI is InChI=1S/C24H31N3O4/c1-17-6-3-4-7-18(17)15-25-11-9-20-23(24(30)26-10-5-8-19(28)16-26)21(31-2)14-22(29)27(20)13-12-25/h3-4,6-7,14,19,28H,5,8-13,15-16H2,1-2H3/t19-/m1/s1. The summed E-state index contributed by atoms with van der Waals surface area (Å²) in [5.74, 6) is 0.167. The van der Waals surface area contributed by atoms with Crippen molar-refractivity contribution in [2.75, 3.05) is 33.3 Å². The summed E-state index contributed by atoms with van der Waals surface area (Å²) >= 11 is 0. The molecular weight excluding hydrogens is 394 g/mol. The third-order valence-corrected chi connectivity index (χ3v) is 6.46. The average molecular weight is 426 g/mol. The molecule has 1 N–H and O–H groups in total. The second kappa shape index (κ2) is 9.24. The number of fused-ring (bicyclic) bond motifs is 1. The van der Waals surface area contributed by atoms with Crippen molar-refractivity contribution >= 4 is 5.91 Å². The normalized spacial score (nSPS) is 19.6. The van der Waals surface area contributed by atoms with Crippen LogP contribution in [0.5, 0.6) is 5.75 Å². The number of rotatable bonds is 4. The van der Waals surface area contributed by atoms with Crippen LogP contribution in [0, 0.1) is 6.92 Å². The maximum atomic E-state index is 13.4. The molecule has 2 aliphatic rings. The Kier molecular flexibility index (Phi) is 6.43. The molecule has 1 aromatic heterocycles. The van der Waals surface area contributed by atoms with Gasteiger partial charge in [0.2, 0.25) is 0 Å². The number of aromatic nitrogens is 1. The van der Waals surface area contributed by atoms with Crippen molar-refractivity contribution in [3.05, 3.63) is 63.1 Å². The van der Waals surface area contributed by atoms with Gasteiger partial charge in [-0.3, -0.25) is 14.5 Å². The molecular formula is C24H31N3O4. The summed E-state index contributed by atoms with van der Waals surface area (Å²) in [5, 5.41) is 10.0. The fourth-order valence-corrected chi connectivity index (χ4v) is 4.67. The Morgan fingerprint density at radius 2 is 2.00 bits per heavy atom. The van der Waals surface area contributed by atoms with E-state index in [0.717, 1.165) is 31.7 Å². The van der Waals surface area contributed by atoms with Crippen LogP contribution in [0.3, 0.4) is 0 Å². The number of hydrogen-bond acceptors (Lipinski definition) is 5. The van der Waals surface area contributed by atoms with Crippen molar-refractivity contribution in [3.63, 3.8) is 0 Å². The van der Waals surface area contributed by atoms with Crippen molar-refractivity contribution in [1.29, 1.82) is 0 Å². The lowest BCUT2D eigenvalue weighted by molar-refractivity contribution is 0.0469. The van der Waals surface area contributed by atoms with Gasteiger partial charge in [-0.15, -0.1) is 0 Å². The number of ether oxygens (including phenoxy) is 1. The fourth-order valence-electron chi connectivity index (χ4n) is 4.67. The van der Waals surface area contributed by atoms with E-state index >= 15 is 0 Å². The third-order valence-electron chi connectivity index (χ3n) is 6.46. The molecule has 1 aromatic carbocycles. The number of benzene rings is 1. The molecule has 7 heteroatoms. The molecule has 1 fully saturated rings. The largest absolute Gasteiger partial charge is 0.496 e. The molecule has 4 rings (SSSR count). The van der Waals surface area contributed by atoms with E-state index in [1.807, 2.05) is 12.1 Å². The molecule has 0 saturated carbocycles. The van der Waals surface area contributed by atoms with Crippen LogP contribution >= 0.6 is 0 Å². The van der Waals surface area contributed by atoms with E-state index in [2.05, 4.69) is 24.0 Å². The molecule has 31 heavy (non-hydrogen) atoms. The minimum Gasteiger partial charge on any atom is -0.496 e. The molecule has 1 amide bonds. The number of piperidine rings is 1. The number of methoxy groups -OCH3 is 1. The van der Waals surface area contributed by atoms with Crippen LogP contribution in [-0.4, -0.2) is 64.8 Å². The van der Waals surface area contributed by atoms with Gasteiger partial charge in [-0.1, -0.05) is 24.3 Å². The number of aliphatic hydroxyl groups excluding tert-OH is 1. The molecule has 0 radical (unpaired) electrons. The number of carbonyl (C=O) groups is 1. The quantitative estimate of drug-likeness (QED) is 0.809. The first kappa shape index (κ1) is 21.6. The fraction of sp³-hybridized carbons (Fsp3) is 0.500. The molecule has 1 atom stereocenters. The highest BCUT2D eigenvalue weighted by atomic mass is 16.5. The number of hydrogen-bond donors (Lipinski definition) is 1. The molecule has 7 nitrogen and oxygen atoms in total. The van der Waals surface area contributed by atoms with Gasteiger partial charge in [-0.2, -0.15) is 0 Å². The molecule has 2 aromatic rings. The highest BCUT2D eigenvalue weighted by Gasteiger charge is 2.30. The first-order chi connectivity index (χ1) is 15.0. The van der Waals surface area contributed by atoms with Crippen LogP contribution in [-0.2, 0) is 19.5 Å². The number of aliphatic hydroxyl groups is 1. The molecule has 0 aliphatic carbocycles. The minimum absolute atomic E-state index is 0.139. The van der Waals surface area contributed by atoms with Gasteiger partial charge in [0.25, 0.3) is 11.5 Å². The van der Waals surface area contributed by atoms with Crippen molar-refractivity contribution in [1.82, 2.24) is 14.4 Å². The molecule has 0 unspecified atom stereocenters. The highest BCUT2D eigenvalue weighted by molar-refractivity contribution is 5.98. The van der Waals surface area contributed by atoms with Gasteiger partial charge in [0.1, 0.15) is 11.3 Å². The summed E-state index contributed by atoms with van der Waals surface area (Å²) in [7, 11) is 1.49. The molecule has 1 saturated heterocycles. The maximum absolute atomic E-state index is 13.4. The Hall–Kier alpha value is -2.64. The number of aryl methyl sites for hydroxylation is 1. The van der Waals surface area contributed by atoms with Crippen molar-refractivity contribution < 1.29 is 14.6 Å². The maximum Gasteiger partial charge on any atom is 0.259 e. The number of carbonyl (C=O) groups excluding carboxylic acids is 1.